The summed E-state index contributed by atoms with van der Waals surface area (Å²) in [6.45, 7) is 0.0130. The van der Waals surface area contributed by atoms with Crippen molar-refractivity contribution in [2.24, 2.45) is 5.92 Å². The lowest BCUT2D eigenvalue weighted by molar-refractivity contribution is -0.123. The fraction of sp³-hybridized carbons (Fsp3) is 0.462. The number of nitrogens with one attached hydrogen (secondary N) is 1. The molecular formula is C13H16FNO4S. The Balaban J connectivity index is 1.73. The first-order chi connectivity index (χ1) is 9.46. The van der Waals surface area contributed by atoms with E-state index in [1.807, 2.05) is 0 Å². The normalized spacial score (nSPS) is 20.6. The van der Waals surface area contributed by atoms with E-state index in [1.54, 1.807) is 6.07 Å². The number of hydrogen-bond acceptors (Lipinski definition) is 4. The van der Waals surface area contributed by atoms with Gasteiger partial charge in [-0.25, -0.2) is 12.8 Å². The number of carbonyl (C=O) groups is 1. The third-order valence-corrected chi connectivity index (χ3v) is 4.95. The molecule has 20 heavy (non-hydrogen) atoms. The predicted octanol–water partition coefficient (Wildman–Crippen LogP) is 0.755. The van der Waals surface area contributed by atoms with Crippen LogP contribution in [0, 0.1) is 11.7 Å². The molecule has 1 N–H and O–H groups in total. The van der Waals surface area contributed by atoms with Crippen molar-refractivity contribution in [3.05, 3.63) is 30.1 Å². The summed E-state index contributed by atoms with van der Waals surface area (Å²) < 4.78 is 40.8. The van der Waals surface area contributed by atoms with Gasteiger partial charge in [0.05, 0.1) is 11.5 Å². The van der Waals surface area contributed by atoms with Gasteiger partial charge >= 0.3 is 0 Å². The highest BCUT2D eigenvalue weighted by Crippen LogP contribution is 2.17. The van der Waals surface area contributed by atoms with Crippen molar-refractivity contribution in [3.63, 3.8) is 0 Å². The van der Waals surface area contributed by atoms with Crippen LogP contribution >= 0.6 is 0 Å². The SMILES string of the molecule is O=C(COc1ccccc1F)NC[C@H]1CCS(=O)(=O)C1. The molecule has 1 aromatic carbocycles. The fourth-order valence-electron chi connectivity index (χ4n) is 2.05. The summed E-state index contributed by atoms with van der Waals surface area (Å²) in [5, 5.41) is 2.60. The van der Waals surface area contributed by atoms with Gasteiger partial charge in [0.2, 0.25) is 0 Å². The van der Waals surface area contributed by atoms with E-state index in [9.17, 15) is 17.6 Å². The molecule has 0 radical (unpaired) electrons. The van der Waals surface area contributed by atoms with E-state index in [0.717, 1.165) is 0 Å². The van der Waals surface area contributed by atoms with E-state index in [0.29, 0.717) is 13.0 Å². The van der Waals surface area contributed by atoms with E-state index < -0.39 is 21.6 Å². The number of amides is 1. The molecule has 0 unspecified atom stereocenters. The number of ether oxygens (including phenoxy) is 1. The van der Waals surface area contributed by atoms with Crippen molar-refractivity contribution in [2.75, 3.05) is 24.7 Å². The van der Waals surface area contributed by atoms with Gasteiger partial charge in [0.1, 0.15) is 0 Å². The van der Waals surface area contributed by atoms with Gasteiger partial charge in [-0.3, -0.25) is 4.79 Å². The summed E-state index contributed by atoms with van der Waals surface area (Å²) in [5.74, 6) is -0.649. The summed E-state index contributed by atoms with van der Waals surface area (Å²) in [5.41, 5.74) is 0. The van der Waals surface area contributed by atoms with Gasteiger partial charge in [-0.15, -0.1) is 0 Å². The standard InChI is InChI=1S/C13H16FNO4S/c14-11-3-1-2-4-12(11)19-8-13(16)15-7-10-5-6-20(17,18)9-10/h1-4,10H,5-9H2,(H,15,16)/t10-/m1/s1. The Bertz CT molecular complexity index is 588. The Morgan fingerprint density at radius 1 is 1.40 bits per heavy atom. The highest BCUT2D eigenvalue weighted by atomic mass is 32.2. The lowest BCUT2D eigenvalue weighted by atomic mass is 10.1. The van der Waals surface area contributed by atoms with Crippen LogP contribution in [0.3, 0.4) is 0 Å². The zero-order chi connectivity index (χ0) is 14.6. The maximum absolute atomic E-state index is 13.2. The lowest BCUT2D eigenvalue weighted by Gasteiger charge is -2.10. The molecule has 2 rings (SSSR count). The molecule has 1 heterocycles. The lowest BCUT2D eigenvalue weighted by Crippen LogP contribution is -2.33. The van der Waals surface area contributed by atoms with Crippen LogP contribution in [0.2, 0.25) is 0 Å². The maximum atomic E-state index is 13.2. The molecule has 1 atom stereocenters. The third kappa shape index (κ3) is 4.19. The number of carbonyl (C=O) groups excluding carboxylic acids is 1. The van der Waals surface area contributed by atoms with Crippen LogP contribution in [0.4, 0.5) is 4.39 Å². The van der Waals surface area contributed by atoms with Crippen molar-refractivity contribution in [1.82, 2.24) is 5.32 Å². The Kier molecular flexibility index (Phi) is 4.59. The summed E-state index contributed by atoms with van der Waals surface area (Å²) in [6.07, 6.45) is 0.566. The second-order valence-corrected chi connectivity index (χ2v) is 7.02. The highest BCUT2D eigenvalue weighted by molar-refractivity contribution is 7.91. The molecular weight excluding hydrogens is 285 g/mol. The molecule has 1 aromatic rings. The van der Waals surface area contributed by atoms with Crippen molar-refractivity contribution in [1.29, 1.82) is 0 Å². The Hall–Kier alpha value is -1.63. The van der Waals surface area contributed by atoms with Crippen molar-refractivity contribution in [3.8, 4) is 5.75 Å². The Morgan fingerprint density at radius 3 is 2.80 bits per heavy atom. The number of benzene rings is 1. The van der Waals surface area contributed by atoms with Crippen molar-refractivity contribution < 1.29 is 22.3 Å². The molecule has 1 saturated heterocycles. The molecule has 0 spiro atoms. The molecule has 0 aromatic heterocycles. The van der Waals surface area contributed by atoms with Crippen LogP contribution in [-0.4, -0.2) is 39.0 Å². The third-order valence-electron chi connectivity index (χ3n) is 3.11. The topological polar surface area (TPSA) is 72.5 Å². The van der Waals surface area contributed by atoms with E-state index in [-0.39, 0.29) is 29.8 Å². The molecule has 0 bridgehead atoms. The molecule has 0 saturated carbocycles. The monoisotopic (exact) mass is 301 g/mol. The zero-order valence-electron chi connectivity index (χ0n) is 10.8. The molecule has 1 aliphatic heterocycles. The quantitative estimate of drug-likeness (QED) is 0.871. The minimum Gasteiger partial charge on any atom is -0.481 e. The smallest absolute Gasteiger partial charge is 0.257 e. The van der Waals surface area contributed by atoms with Crippen LogP contribution in [0.25, 0.3) is 0 Å². The number of rotatable bonds is 5. The molecule has 0 aliphatic carbocycles. The van der Waals surface area contributed by atoms with Crippen LogP contribution in [-0.2, 0) is 14.6 Å². The van der Waals surface area contributed by atoms with E-state index in [4.69, 9.17) is 4.74 Å². The van der Waals surface area contributed by atoms with Crippen molar-refractivity contribution in [2.45, 2.75) is 6.42 Å². The average molecular weight is 301 g/mol. The van der Waals surface area contributed by atoms with Gasteiger partial charge in [-0.1, -0.05) is 12.1 Å². The van der Waals surface area contributed by atoms with E-state index >= 15 is 0 Å². The van der Waals surface area contributed by atoms with Crippen LogP contribution in [0.15, 0.2) is 24.3 Å². The number of para-hydroxylation sites is 1. The molecule has 1 aliphatic rings. The van der Waals surface area contributed by atoms with Gasteiger partial charge in [0, 0.05) is 6.54 Å². The van der Waals surface area contributed by atoms with Crippen molar-refractivity contribution >= 4 is 15.7 Å². The second-order valence-electron chi connectivity index (χ2n) is 4.79. The second kappa shape index (κ2) is 6.21. The maximum Gasteiger partial charge on any atom is 0.257 e. The van der Waals surface area contributed by atoms with Gasteiger partial charge in [-0.2, -0.15) is 0 Å². The molecule has 110 valence electrons. The Morgan fingerprint density at radius 2 is 2.15 bits per heavy atom. The van der Waals surface area contributed by atoms with Gasteiger partial charge in [0.15, 0.2) is 28.0 Å². The number of halogens is 1. The van der Waals surface area contributed by atoms with Gasteiger partial charge < -0.3 is 10.1 Å². The van der Waals surface area contributed by atoms with Gasteiger partial charge in [-0.05, 0) is 24.5 Å². The van der Waals surface area contributed by atoms with Crippen LogP contribution in [0.5, 0.6) is 5.75 Å². The van der Waals surface area contributed by atoms with E-state index in [1.165, 1.54) is 18.2 Å². The predicted molar refractivity (Wildman–Crippen MR) is 71.7 cm³/mol. The number of hydrogen-bond donors (Lipinski definition) is 1. The Labute approximate surface area is 117 Å². The molecule has 7 heteroatoms. The summed E-state index contributed by atoms with van der Waals surface area (Å²) in [4.78, 5) is 11.5. The summed E-state index contributed by atoms with van der Waals surface area (Å²) in [7, 11) is -2.94. The summed E-state index contributed by atoms with van der Waals surface area (Å²) >= 11 is 0. The first kappa shape index (κ1) is 14.8. The van der Waals surface area contributed by atoms with Crippen LogP contribution < -0.4 is 10.1 Å². The first-order valence-electron chi connectivity index (χ1n) is 6.31. The fourth-order valence-corrected chi connectivity index (χ4v) is 3.91. The highest BCUT2D eigenvalue weighted by Gasteiger charge is 2.27. The molecule has 1 amide bonds. The zero-order valence-corrected chi connectivity index (χ0v) is 11.7. The largest absolute Gasteiger partial charge is 0.481 e. The molecule has 5 nitrogen and oxygen atoms in total. The van der Waals surface area contributed by atoms with Crippen LogP contribution in [0.1, 0.15) is 6.42 Å². The van der Waals surface area contributed by atoms with E-state index in [2.05, 4.69) is 5.32 Å². The molecule has 1 fully saturated rings. The van der Waals surface area contributed by atoms with Gasteiger partial charge in [0.25, 0.3) is 5.91 Å². The summed E-state index contributed by atoms with van der Waals surface area (Å²) in [6, 6.07) is 5.82. The first-order valence-corrected chi connectivity index (χ1v) is 8.13. The number of sulfone groups is 1. The average Bonchev–Trinajstić information content (AvgIpc) is 2.75. The minimum atomic E-state index is -2.94. The minimum absolute atomic E-state index is 0.0195.